The number of halogens is 3. The maximum atomic E-state index is 12.6. The van der Waals surface area contributed by atoms with Gasteiger partial charge < -0.3 is 15.2 Å². The Hall–Kier alpha value is -4.74. The van der Waals surface area contributed by atoms with Crippen LogP contribution in [-0.4, -0.2) is 70.6 Å². The minimum absolute atomic E-state index is 0.00235. The lowest BCUT2D eigenvalue weighted by molar-refractivity contribution is -0.192. The SMILES string of the molecule is COC1(C)CN(Cc2ccc(/C=C/c3n[nH]c4cc(/C=C5/C(=O)NCC5c5ccccc5)ccc34)cc2)C1.O=C(O)C(F)(F)F. The monoisotopic (exact) mass is 618 g/mol. The third-order valence-corrected chi connectivity index (χ3v) is 7.92. The van der Waals surface area contributed by atoms with Gasteiger partial charge in [-0.25, -0.2) is 4.79 Å². The van der Waals surface area contributed by atoms with E-state index in [-0.39, 0.29) is 17.4 Å². The van der Waals surface area contributed by atoms with Gasteiger partial charge >= 0.3 is 12.1 Å². The summed E-state index contributed by atoms with van der Waals surface area (Å²) in [6.45, 7) is 5.67. The van der Waals surface area contributed by atoms with Gasteiger partial charge in [-0.05, 0) is 53.5 Å². The largest absolute Gasteiger partial charge is 0.490 e. The van der Waals surface area contributed by atoms with Crippen molar-refractivity contribution >= 4 is 41.0 Å². The fraction of sp³-hybridized carbons (Fsp3) is 0.265. The third-order valence-electron chi connectivity index (χ3n) is 7.92. The molecule has 3 aromatic carbocycles. The molecule has 6 rings (SSSR count). The number of nitrogens with zero attached hydrogens (tertiary/aromatic N) is 2. The number of hydrogen-bond acceptors (Lipinski definition) is 5. The van der Waals surface area contributed by atoms with Crippen molar-refractivity contribution in [1.82, 2.24) is 20.4 Å². The summed E-state index contributed by atoms with van der Waals surface area (Å²) in [6.07, 6.45) is 1.04. The second-order valence-corrected chi connectivity index (χ2v) is 11.4. The van der Waals surface area contributed by atoms with Crippen molar-refractivity contribution in [2.75, 3.05) is 26.7 Å². The second-order valence-electron chi connectivity index (χ2n) is 11.4. The summed E-state index contributed by atoms with van der Waals surface area (Å²) in [6, 6.07) is 25.0. The summed E-state index contributed by atoms with van der Waals surface area (Å²) in [5, 5.41) is 18.8. The van der Waals surface area contributed by atoms with Crippen molar-refractivity contribution < 1.29 is 32.6 Å². The molecule has 0 saturated carbocycles. The Balaban J connectivity index is 0.000000515. The van der Waals surface area contributed by atoms with Crippen LogP contribution < -0.4 is 5.32 Å². The maximum Gasteiger partial charge on any atom is 0.490 e. The van der Waals surface area contributed by atoms with E-state index in [1.165, 1.54) is 5.56 Å². The van der Waals surface area contributed by atoms with Crippen LogP contribution in [0.15, 0.2) is 78.4 Å². The van der Waals surface area contributed by atoms with Gasteiger partial charge in [0.15, 0.2) is 0 Å². The van der Waals surface area contributed by atoms with Crippen LogP contribution in [0.5, 0.6) is 0 Å². The Bertz CT molecular complexity index is 1720. The summed E-state index contributed by atoms with van der Waals surface area (Å²) in [5.41, 5.74) is 7.20. The molecule has 8 nitrogen and oxygen atoms in total. The summed E-state index contributed by atoms with van der Waals surface area (Å²) in [5.74, 6) is -2.70. The fourth-order valence-electron chi connectivity index (χ4n) is 5.48. The van der Waals surface area contributed by atoms with E-state index in [2.05, 4.69) is 88.0 Å². The molecule has 234 valence electrons. The number of H-pyrrole nitrogens is 1. The van der Waals surface area contributed by atoms with E-state index in [0.29, 0.717) is 6.54 Å². The molecule has 2 saturated heterocycles. The number of likely N-dealkylation sites (tertiary alicyclic amines) is 1. The molecule has 0 bridgehead atoms. The number of carboxylic acids is 1. The molecule has 45 heavy (non-hydrogen) atoms. The number of nitrogens with one attached hydrogen (secondary N) is 2. The number of ether oxygens (including phenoxy) is 1. The topological polar surface area (TPSA) is 108 Å². The number of rotatable bonds is 7. The van der Waals surface area contributed by atoms with Crippen molar-refractivity contribution in [2.24, 2.45) is 0 Å². The van der Waals surface area contributed by atoms with Gasteiger partial charge in [0, 0.05) is 50.2 Å². The average Bonchev–Trinajstić information content (AvgIpc) is 3.58. The number of benzene rings is 3. The second kappa shape index (κ2) is 13.1. The van der Waals surface area contributed by atoms with E-state index in [9.17, 15) is 18.0 Å². The fourth-order valence-corrected chi connectivity index (χ4v) is 5.48. The van der Waals surface area contributed by atoms with E-state index in [1.807, 2.05) is 30.4 Å². The first-order valence-corrected chi connectivity index (χ1v) is 14.3. The van der Waals surface area contributed by atoms with Crippen LogP contribution in [0.25, 0.3) is 29.1 Å². The van der Waals surface area contributed by atoms with Crippen LogP contribution in [-0.2, 0) is 20.9 Å². The number of carbonyl (C=O) groups is 2. The van der Waals surface area contributed by atoms with Gasteiger partial charge in [0.25, 0.3) is 0 Å². The van der Waals surface area contributed by atoms with Crippen molar-refractivity contribution in [2.45, 2.75) is 31.2 Å². The van der Waals surface area contributed by atoms with E-state index in [0.717, 1.165) is 58.5 Å². The van der Waals surface area contributed by atoms with Crippen LogP contribution in [0.1, 0.15) is 40.8 Å². The van der Waals surface area contributed by atoms with Crippen LogP contribution in [0.2, 0.25) is 0 Å². The highest BCUT2D eigenvalue weighted by atomic mass is 19.4. The van der Waals surface area contributed by atoms with Crippen molar-refractivity contribution in [3.63, 3.8) is 0 Å². The standard InChI is InChI=1S/C32H32N4O2.C2HF3O2/c1-32(38-2)20-36(21-32)19-23-10-8-22(9-11-23)13-15-29-26-14-12-24(17-30(26)35-34-29)16-27-28(18-33-31(27)37)25-6-4-3-5-7-25;3-2(4,5)1(6)7/h3-17,28H,18-21H2,1-2H3,(H,33,37)(H,34,35);(H,6,7)/b15-13+,27-16+;. The number of aromatic amines is 1. The number of carboxylic acid groups (broad SMARTS) is 1. The first-order chi connectivity index (χ1) is 21.4. The number of hydrogen-bond donors (Lipinski definition) is 3. The molecular formula is C34H33F3N4O4. The number of aliphatic carboxylic acids is 1. The lowest BCUT2D eigenvalue weighted by Gasteiger charge is -2.47. The highest BCUT2D eigenvalue weighted by Gasteiger charge is 2.39. The van der Waals surface area contributed by atoms with Gasteiger partial charge in [-0.2, -0.15) is 18.3 Å². The quantitative estimate of drug-likeness (QED) is 0.223. The molecule has 4 aromatic rings. The van der Waals surface area contributed by atoms with Crippen LogP contribution in [0, 0.1) is 0 Å². The number of alkyl halides is 3. The van der Waals surface area contributed by atoms with Crippen molar-refractivity contribution in [3.05, 3.63) is 106 Å². The van der Waals surface area contributed by atoms with Crippen LogP contribution in [0.3, 0.4) is 0 Å². The predicted molar refractivity (Wildman–Crippen MR) is 166 cm³/mol. The first kappa shape index (κ1) is 31.7. The van der Waals surface area contributed by atoms with Crippen LogP contribution in [0.4, 0.5) is 13.2 Å². The van der Waals surface area contributed by atoms with Gasteiger partial charge in [0.05, 0.1) is 16.8 Å². The Morgan fingerprint density at radius 1 is 1.07 bits per heavy atom. The molecule has 3 heterocycles. The lowest BCUT2D eigenvalue weighted by Crippen LogP contribution is -2.60. The highest BCUT2D eigenvalue weighted by Crippen LogP contribution is 2.31. The lowest BCUT2D eigenvalue weighted by atomic mass is 9.92. The molecule has 1 unspecified atom stereocenters. The van der Waals surface area contributed by atoms with E-state index < -0.39 is 12.1 Å². The minimum atomic E-state index is -5.08. The third kappa shape index (κ3) is 7.68. The molecule has 2 aliphatic rings. The van der Waals surface area contributed by atoms with Gasteiger partial charge in [-0.3, -0.25) is 14.8 Å². The van der Waals surface area contributed by atoms with Gasteiger partial charge in [0.1, 0.15) is 0 Å². The first-order valence-electron chi connectivity index (χ1n) is 14.3. The number of aromatic nitrogens is 2. The molecule has 1 atom stereocenters. The zero-order chi connectivity index (χ0) is 32.2. The molecule has 2 aliphatic heterocycles. The Morgan fingerprint density at radius 3 is 2.38 bits per heavy atom. The number of fused-ring (bicyclic) bond motifs is 1. The number of methoxy groups -OCH3 is 1. The summed E-state index contributed by atoms with van der Waals surface area (Å²) in [4.78, 5) is 23.9. The van der Waals surface area contributed by atoms with Crippen LogP contribution >= 0.6 is 0 Å². The van der Waals surface area contributed by atoms with Gasteiger partial charge in [-0.1, -0.05) is 66.7 Å². The Labute approximate surface area is 258 Å². The molecule has 0 spiro atoms. The Kier molecular flexibility index (Phi) is 9.21. The Morgan fingerprint density at radius 2 is 1.73 bits per heavy atom. The summed E-state index contributed by atoms with van der Waals surface area (Å²) in [7, 11) is 1.79. The maximum absolute atomic E-state index is 12.6. The predicted octanol–water partition coefficient (Wildman–Crippen LogP) is 5.88. The molecule has 3 N–H and O–H groups in total. The molecule has 1 aromatic heterocycles. The normalized spacial score (nSPS) is 18.9. The summed E-state index contributed by atoms with van der Waals surface area (Å²) < 4.78 is 37.3. The smallest absolute Gasteiger partial charge is 0.475 e. The molecular weight excluding hydrogens is 585 g/mol. The van der Waals surface area contributed by atoms with Crippen molar-refractivity contribution in [3.8, 4) is 0 Å². The average molecular weight is 619 g/mol. The molecule has 0 aliphatic carbocycles. The minimum Gasteiger partial charge on any atom is -0.475 e. The zero-order valence-electron chi connectivity index (χ0n) is 24.8. The van der Waals surface area contributed by atoms with E-state index in [4.69, 9.17) is 14.6 Å². The van der Waals surface area contributed by atoms with Gasteiger partial charge in [0.2, 0.25) is 5.91 Å². The molecule has 0 radical (unpaired) electrons. The van der Waals surface area contributed by atoms with E-state index in [1.54, 1.807) is 7.11 Å². The van der Waals surface area contributed by atoms with Gasteiger partial charge in [-0.15, -0.1) is 0 Å². The number of amides is 1. The zero-order valence-corrected chi connectivity index (χ0v) is 24.8. The number of carbonyl (C=O) groups excluding carboxylic acids is 1. The summed E-state index contributed by atoms with van der Waals surface area (Å²) >= 11 is 0. The molecule has 11 heteroatoms. The van der Waals surface area contributed by atoms with E-state index >= 15 is 0 Å². The molecule has 2 fully saturated rings. The molecule has 1 amide bonds. The van der Waals surface area contributed by atoms with Crippen molar-refractivity contribution in [1.29, 1.82) is 0 Å². The highest BCUT2D eigenvalue weighted by molar-refractivity contribution is 6.02.